The van der Waals surface area contributed by atoms with Crippen molar-refractivity contribution < 1.29 is 9.47 Å². The number of benzene rings is 5. The van der Waals surface area contributed by atoms with Crippen LogP contribution in [0, 0.1) is 23.5 Å². The molecule has 0 atom stereocenters. The summed E-state index contributed by atoms with van der Waals surface area (Å²) in [6.07, 6.45) is 0. The van der Waals surface area contributed by atoms with Gasteiger partial charge in [0, 0.05) is 38.5 Å². The number of fused-ring (bicyclic) bond motifs is 4. The second-order valence-electron chi connectivity index (χ2n) is 9.98. The summed E-state index contributed by atoms with van der Waals surface area (Å²) in [5, 5.41) is 2.96. The molecule has 7 aromatic rings. The lowest BCUT2D eigenvalue weighted by Crippen LogP contribution is -2.21. The standard InChI is InChI=1S/C37H25BN2O2S/c1-41-28-17-18-34-30(23-28)31-24-29(42-2)25-32(37-39-33-15-9-10-16-35(33)43-37)36(31)40(34)38(21-19-26-11-5-3-6-12-26)22-20-27-13-7-4-8-14-27/h3-18,23-25H,1-2H3. The van der Waals surface area contributed by atoms with E-state index in [4.69, 9.17) is 14.5 Å². The van der Waals surface area contributed by atoms with Gasteiger partial charge < -0.3 is 14.0 Å². The molecule has 0 N–H and O–H groups in total. The van der Waals surface area contributed by atoms with Gasteiger partial charge in [0.2, 0.25) is 0 Å². The first kappa shape index (κ1) is 26.5. The van der Waals surface area contributed by atoms with Gasteiger partial charge in [0.25, 0.3) is 0 Å². The minimum absolute atomic E-state index is 0.463. The number of thiazole rings is 1. The first-order valence-electron chi connectivity index (χ1n) is 13.9. The largest absolute Gasteiger partial charge is 0.497 e. The van der Waals surface area contributed by atoms with Crippen LogP contribution in [0.15, 0.2) is 115 Å². The van der Waals surface area contributed by atoms with E-state index in [1.54, 1.807) is 25.6 Å². The number of aromatic nitrogens is 2. The first-order chi connectivity index (χ1) is 21.2. The van der Waals surface area contributed by atoms with Gasteiger partial charge in [-0.15, -0.1) is 23.0 Å². The SMILES string of the molecule is COc1ccc2c(c1)c1cc(OC)cc(-c3nc4ccccc4s3)c1n2B(C#Cc1ccccc1)C#Cc1ccccc1. The van der Waals surface area contributed by atoms with Crippen molar-refractivity contribution in [1.82, 2.24) is 9.46 Å². The van der Waals surface area contributed by atoms with Crippen molar-refractivity contribution in [2.75, 3.05) is 14.2 Å². The van der Waals surface area contributed by atoms with E-state index in [-0.39, 0.29) is 0 Å². The topological polar surface area (TPSA) is 36.3 Å². The fourth-order valence-electron chi connectivity index (χ4n) is 5.31. The molecule has 0 amide bonds. The van der Waals surface area contributed by atoms with E-state index in [2.05, 4.69) is 58.3 Å². The zero-order valence-corrected chi connectivity index (χ0v) is 24.5. The lowest BCUT2D eigenvalue weighted by atomic mass is 9.63. The predicted molar refractivity (Wildman–Crippen MR) is 179 cm³/mol. The number of para-hydroxylation sites is 1. The Bertz CT molecular complexity index is 2140. The number of hydrogen-bond donors (Lipinski definition) is 0. The van der Waals surface area contributed by atoms with E-state index in [0.29, 0.717) is 0 Å². The van der Waals surface area contributed by atoms with Gasteiger partial charge in [-0.05, 0) is 66.7 Å². The van der Waals surface area contributed by atoms with Gasteiger partial charge >= 0.3 is 6.85 Å². The molecule has 0 spiro atoms. The Kier molecular flexibility index (Phi) is 7.05. The van der Waals surface area contributed by atoms with Crippen molar-refractivity contribution in [3.63, 3.8) is 0 Å². The Morgan fingerprint density at radius 1 is 0.674 bits per heavy atom. The molecular weight excluding hydrogens is 547 g/mol. The Balaban J connectivity index is 1.57. The lowest BCUT2D eigenvalue weighted by Gasteiger charge is -2.12. The van der Waals surface area contributed by atoms with Crippen LogP contribution in [0.4, 0.5) is 0 Å². The molecule has 0 aliphatic rings. The van der Waals surface area contributed by atoms with Crippen LogP contribution in [-0.4, -0.2) is 30.5 Å². The lowest BCUT2D eigenvalue weighted by molar-refractivity contribution is 0.415. The number of methoxy groups -OCH3 is 2. The van der Waals surface area contributed by atoms with Gasteiger partial charge in [-0.2, -0.15) is 0 Å². The molecule has 43 heavy (non-hydrogen) atoms. The maximum atomic E-state index is 5.82. The molecule has 2 heterocycles. The summed E-state index contributed by atoms with van der Waals surface area (Å²) in [6.45, 7) is -0.463. The molecule has 7 rings (SSSR count). The van der Waals surface area contributed by atoms with Gasteiger partial charge in [0.05, 0.1) is 24.4 Å². The summed E-state index contributed by atoms with van der Waals surface area (Å²) in [4.78, 5) is 5.05. The van der Waals surface area contributed by atoms with E-state index in [1.165, 1.54) is 0 Å². The third-order valence-electron chi connectivity index (χ3n) is 7.35. The van der Waals surface area contributed by atoms with E-state index in [9.17, 15) is 0 Å². The van der Waals surface area contributed by atoms with Gasteiger partial charge in [-0.1, -0.05) is 60.4 Å². The molecular formula is C37H25BN2O2S. The maximum Gasteiger partial charge on any atom is 0.434 e. The average molecular weight is 572 g/mol. The molecule has 0 aliphatic carbocycles. The van der Waals surface area contributed by atoms with Gasteiger partial charge in [-0.25, -0.2) is 4.98 Å². The number of nitrogens with zero attached hydrogens (tertiary/aromatic N) is 2. The Hall–Kier alpha value is -5.43. The molecule has 204 valence electrons. The van der Waals surface area contributed by atoms with Crippen LogP contribution in [0.5, 0.6) is 11.5 Å². The van der Waals surface area contributed by atoms with Crippen LogP contribution in [0.25, 0.3) is 42.6 Å². The molecule has 0 saturated heterocycles. The number of ether oxygens (including phenoxy) is 2. The highest BCUT2D eigenvalue weighted by atomic mass is 32.1. The van der Waals surface area contributed by atoms with Gasteiger partial charge in [0.1, 0.15) is 16.5 Å². The van der Waals surface area contributed by atoms with Crippen molar-refractivity contribution in [2.24, 2.45) is 0 Å². The van der Waals surface area contributed by atoms with Crippen molar-refractivity contribution in [3.05, 3.63) is 126 Å². The second kappa shape index (κ2) is 11.5. The third kappa shape index (κ3) is 5.10. The first-order valence-corrected chi connectivity index (χ1v) is 14.7. The normalized spacial score (nSPS) is 10.7. The van der Waals surface area contributed by atoms with Crippen molar-refractivity contribution in [3.8, 4) is 45.6 Å². The summed E-state index contributed by atoms with van der Waals surface area (Å²) < 4.78 is 14.9. The zero-order valence-electron chi connectivity index (χ0n) is 23.7. The number of rotatable bonds is 4. The zero-order chi connectivity index (χ0) is 29.2. The fourth-order valence-corrected chi connectivity index (χ4v) is 6.29. The minimum atomic E-state index is -0.463. The summed E-state index contributed by atoms with van der Waals surface area (Å²) in [6, 6.07) is 38.6. The Morgan fingerprint density at radius 3 is 1.95 bits per heavy atom. The Morgan fingerprint density at radius 2 is 1.30 bits per heavy atom. The molecule has 0 saturated carbocycles. The molecule has 0 fully saturated rings. The van der Waals surface area contributed by atoms with Crippen molar-refractivity contribution in [1.29, 1.82) is 0 Å². The smallest absolute Gasteiger partial charge is 0.434 e. The van der Waals surface area contributed by atoms with Gasteiger partial charge in [-0.3, -0.25) is 0 Å². The minimum Gasteiger partial charge on any atom is -0.497 e. The summed E-state index contributed by atoms with van der Waals surface area (Å²) in [5.74, 6) is 15.3. The van der Waals surface area contributed by atoms with Crippen LogP contribution in [0.1, 0.15) is 11.1 Å². The highest BCUT2D eigenvalue weighted by Gasteiger charge is 2.25. The highest BCUT2D eigenvalue weighted by molar-refractivity contribution is 7.21. The highest BCUT2D eigenvalue weighted by Crippen LogP contribution is 2.42. The maximum absolute atomic E-state index is 5.82. The molecule has 0 bridgehead atoms. The molecule has 2 aromatic heterocycles. The molecule has 4 nitrogen and oxygen atoms in total. The van der Waals surface area contributed by atoms with Crippen molar-refractivity contribution in [2.45, 2.75) is 0 Å². The number of hydrogen-bond acceptors (Lipinski definition) is 4. The fraction of sp³-hybridized carbons (Fsp3) is 0.0541. The summed E-state index contributed by atoms with van der Waals surface area (Å²) in [5.41, 5.74) is 5.80. The van der Waals surface area contributed by atoms with Crippen LogP contribution in [0.2, 0.25) is 0 Å². The van der Waals surface area contributed by atoms with Crippen LogP contribution < -0.4 is 9.47 Å². The molecule has 0 radical (unpaired) electrons. The van der Waals surface area contributed by atoms with Crippen molar-refractivity contribution >= 4 is 50.2 Å². The monoisotopic (exact) mass is 572 g/mol. The Labute approximate surface area is 254 Å². The van der Waals surface area contributed by atoms with Crippen LogP contribution in [-0.2, 0) is 0 Å². The van der Waals surface area contributed by atoms with E-state index in [0.717, 1.165) is 65.2 Å². The van der Waals surface area contributed by atoms with E-state index >= 15 is 0 Å². The molecule has 0 unspecified atom stereocenters. The van der Waals surface area contributed by atoms with Crippen LogP contribution >= 0.6 is 11.3 Å². The van der Waals surface area contributed by atoms with Crippen LogP contribution in [0.3, 0.4) is 0 Å². The van der Waals surface area contributed by atoms with E-state index < -0.39 is 6.85 Å². The molecule has 5 aromatic carbocycles. The summed E-state index contributed by atoms with van der Waals surface area (Å²) in [7, 11) is 3.38. The average Bonchev–Trinajstić information content (AvgIpc) is 3.64. The quantitative estimate of drug-likeness (QED) is 0.158. The van der Waals surface area contributed by atoms with E-state index in [1.807, 2.05) is 84.9 Å². The second-order valence-corrected chi connectivity index (χ2v) is 11.0. The summed E-state index contributed by atoms with van der Waals surface area (Å²) >= 11 is 1.67. The molecule has 0 aliphatic heterocycles. The molecule has 6 heteroatoms. The third-order valence-corrected chi connectivity index (χ3v) is 8.42. The predicted octanol–water partition coefficient (Wildman–Crippen LogP) is 8.11. The van der Waals surface area contributed by atoms with Gasteiger partial charge in [0.15, 0.2) is 0 Å².